The Hall–Kier alpha value is 0.394. The van der Waals surface area contributed by atoms with Crippen LogP contribution in [0.3, 0.4) is 0 Å². The molecule has 122 valence electrons. The van der Waals surface area contributed by atoms with Crippen molar-refractivity contribution >= 4 is 16.6 Å². The average Bonchev–Trinajstić information content (AvgIpc) is 2.28. The molecule has 0 heterocycles. The van der Waals surface area contributed by atoms with Gasteiger partial charge in [0, 0.05) is 0 Å². The molecule has 0 aromatic carbocycles. The number of unbranched alkanes of at least 4 members (excludes halogenated alkanes) is 9. The average molecular weight is 317 g/mol. The third-order valence-corrected chi connectivity index (χ3v) is 9.93. The molecule has 20 heavy (non-hydrogen) atoms. The Morgan fingerprint density at radius 3 is 1.40 bits per heavy atom. The molecule has 3 heteroatoms. The second-order valence-electron chi connectivity index (χ2n) is 7.91. The van der Waals surface area contributed by atoms with Gasteiger partial charge in [0.25, 0.3) is 0 Å². The van der Waals surface area contributed by atoms with Crippen molar-refractivity contribution in [3.63, 3.8) is 0 Å². The molecule has 0 radical (unpaired) electrons. The highest BCUT2D eigenvalue weighted by atomic mass is 28.4. The summed E-state index contributed by atoms with van der Waals surface area (Å²) >= 11 is 0. The Balaban J connectivity index is 3.39. The molecule has 0 aliphatic carbocycles. The van der Waals surface area contributed by atoms with Crippen molar-refractivity contribution in [2.24, 2.45) is 0 Å². The number of hydrogen-bond acceptors (Lipinski definition) is 1. The molecule has 0 aromatic rings. The summed E-state index contributed by atoms with van der Waals surface area (Å²) in [6, 6.07) is 1.35. The number of rotatable bonds is 13. The molecule has 0 N–H and O–H groups in total. The minimum absolute atomic E-state index is 1.33. The maximum Gasteiger partial charge on any atom is 0.173 e. The first-order chi connectivity index (χ1) is 9.27. The fourth-order valence-corrected chi connectivity index (χ4v) is 11.1. The maximum atomic E-state index is 6.39. The molecular weight excluding hydrogens is 276 g/mol. The Kier molecular flexibility index (Phi) is 11.2. The fraction of sp³-hybridized carbons (Fsp3) is 1.00. The van der Waals surface area contributed by atoms with Gasteiger partial charge in [-0.05, 0) is 38.8 Å². The highest BCUT2D eigenvalue weighted by Crippen LogP contribution is 2.21. The minimum Gasteiger partial charge on any atom is -0.456 e. The van der Waals surface area contributed by atoms with Gasteiger partial charge in [-0.3, -0.25) is 0 Å². The van der Waals surface area contributed by atoms with Gasteiger partial charge in [-0.2, -0.15) is 0 Å². The van der Waals surface area contributed by atoms with Gasteiger partial charge in [-0.1, -0.05) is 71.1 Å². The van der Waals surface area contributed by atoms with Crippen LogP contribution in [0.2, 0.25) is 38.8 Å². The predicted octanol–water partition coefficient (Wildman–Crippen LogP) is 6.96. The first-order valence-electron chi connectivity index (χ1n) is 8.97. The van der Waals surface area contributed by atoms with Crippen LogP contribution in [0, 0.1) is 0 Å². The van der Waals surface area contributed by atoms with Gasteiger partial charge < -0.3 is 4.12 Å². The van der Waals surface area contributed by atoms with E-state index in [0.717, 1.165) is 0 Å². The molecule has 0 aliphatic heterocycles. The first kappa shape index (κ1) is 20.4. The van der Waals surface area contributed by atoms with Crippen molar-refractivity contribution < 1.29 is 4.12 Å². The maximum absolute atomic E-state index is 6.39. The fourth-order valence-electron chi connectivity index (χ4n) is 2.92. The second-order valence-corrected chi connectivity index (χ2v) is 17.0. The topological polar surface area (TPSA) is 9.23 Å². The number of hydrogen-bond donors (Lipinski definition) is 0. The molecule has 0 amide bonds. The zero-order valence-electron chi connectivity index (χ0n) is 15.2. The van der Waals surface area contributed by atoms with E-state index >= 15 is 0 Å². The van der Waals surface area contributed by atoms with E-state index in [-0.39, 0.29) is 0 Å². The van der Waals surface area contributed by atoms with Crippen LogP contribution in [-0.4, -0.2) is 16.6 Å². The van der Waals surface area contributed by atoms with Crippen LogP contribution in [0.25, 0.3) is 0 Å². The standard InChI is InChI=1S/C17H40OSi2/c1-7-8-9-10-11-12-13-14-15-16-17-20(5,6)18-19(2,3)4/h7-17H2,1-6H3. The summed E-state index contributed by atoms with van der Waals surface area (Å²) in [5.74, 6) is 0. The van der Waals surface area contributed by atoms with Gasteiger partial charge >= 0.3 is 0 Å². The molecule has 0 bridgehead atoms. The van der Waals surface area contributed by atoms with E-state index in [9.17, 15) is 0 Å². The molecular formula is C17H40OSi2. The Labute approximate surface area is 131 Å². The summed E-state index contributed by atoms with van der Waals surface area (Å²) in [6.45, 7) is 14.1. The SMILES string of the molecule is CCCCCCCCCCCC[Si](C)(C)O[Si](C)(C)C. The smallest absolute Gasteiger partial charge is 0.173 e. The Morgan fingerprint density at radius 1 is 0.600 bits per heavy atom. The van der Waals surface area contributed by atoms with E-state index in [0.29, 0.717) is 0 Å². The third kappa shape index (κ3) is 14.8. The van der Waals surface area contributed by atoms with Gasteiger partial charge in [0.2, 0.25) is 0 Å². The summed E-state index contributed by atoms with van der Waals surface area (Å²) in [6.07, 6.45) is 14.3. The van der Waals surface area contributed by atoms with Crippen LogP contribution >= 0.6 is 0 Å². The van der Waals surface area contributed by atoms with Gasteiger partial charge in [-0.25, -0.2) is 0 Å². The van der Waals surface area contributed by atoms with Crippen molar-refractivity contribution in [1.29, 1.82) is 0 Å². The third-order valence-electron chi connectivity index (χ3n) is 3.71. The van der Waals surface area contributed by atoms with Crippen molar-refractivity contribution in [3.05, 3.63) is 0 Å². The summed E-state index contributed by atoms with van der Waals surface area (Å²) in [4.78, 5) is 0. The first-order valence-corrected chi connectivity index (χ1v) is 15.5. The van der Waals surface area contributed by atoms with Gasteiger partial charge in [0.1, 0.15) is 0 Å². The van der Waals surface area contributed by atoms with Crippen molar-refractivity contribution in [2.75, 3.05) is 0 Å². The Morgan fingerprint density at radius 2 is 1.00 bits per heavy atom. The zero-order chi connectivity index (χ0) is 15.5. The Bertz CT molecular complexity index is 222. The highest BCUT2D eigenvalue weighted by Gasteiger charge is 2.28. The molecule has 0 unspecified atom stereocenters. The monoisotopic (exact) mass is 316 g/mol. The van der Waals surface area contributed by atoms with Crippen LogP contribution in [0.4, 0.5) is 0 Å². The largest absolute Gasteiger partial charge is 0.456 e. The summed E-state index contributed by atoms with van der Waals surface area (Å²) < 4.78 is 6.39. The van der Waals surface area contributed by atoms with E-state index in [2.05, 4.69) is 39.7 Å². The van der Waals surface area contributed by atoms with Crippen LogP contribution in [-0.2, 0) is 4.12 Å². The van der Waals surface area contributed by atoms with Crippen molar-refractivity contribution in [3.8, 4) is 0 Å². The van der Waals surface area contributed by atoms with E-state index < -0.39 is 16.6 Å². The van der Waals surface area contributed by atoms with E-state index in [1.807, 2.05) is 0 Å². The van der Waals surface area contributed by atoms with Crippen LogP contribution in [0.15, 0.2) is 0 Å². The van der Waals surface area contributed by atoms with Gasteiger partial charge in [-0.15, -0.1) is 0 Å². The molecule has 0 aromatic heterocycles. The molecule has 0 atom stereocenters. The van der Waals surface area contributed by atoms with Crippen LogP contribution in [0.1, 0.15) is 71.1 Å². The van der Waals surface area contributed by atoms with Crippen LogP contribution < -0.4 is 0 Å². The van der Waals surface area contributed by atoms with E-state index in [1.54, 1.807) is 0 Å². The molecule has 1 nitrogen and oxygen atoms in total. The lowest BCUT2D eigenvalue weighted by Gasteiger charge is -2.31. The molecule has 0 rings (SSSR count). The van der Waals surface area contributed by atoms with Crippen LogP contribution in [0.5, 0.6) is 0 Å². The van der Waals surface area contributed by atoms with Crippen molar-refractivity contribution in [1.82, 2.24) is 0 Å². The summed E-state index contributed by atoms with van der Waals surface area (Å²) in [5, 5.41) is 0. The highest BCUT2D eigenvalue weighted by molar-refractivity contribution is 6.84. The summed E-state index contributed by atoms with van der Waals surface area (Å²) in [7, 11) is -2.70. The molecule has 0 aliphatic rings. The summed E-state index contributed by atoms with van der Waals surface area (Å²) in [5.41, 5.74) is 0. The molecule has 0 saturated heterocycles. The molecule has 0 saturated carbocycles. The zero-order valence-corrected chi connectivity index (χ0v) is 17.2. The van der Waals surface area contributed by atoms with E-state index in [4.69, 9.17) is 4.12 Å². The second kappa shape index (κ2) is 11.0. The minimum atomic E-state index is -1.37. The lowest BCUT2D eigenvalue weighted by atomic mass is 10.1. The van der Waals surface area contributed by atoms with Crippen molar-refractivity contribution in [2.45, 2.75) is 110 Å². The predicted molar refractivity (Wildman–Crippen MR) is 98.6 cm³/mol. The lowest BCUT2D eigenvalue weighted by molar-refractivity contribution is 0.531. The quantitative estimate of drug-likeness (QED) is 0.263. The van der Waals surface area contributed by atoms with Gasteiger partial charge in [0.15, 0.2) is 16.6 Å². The van der Waals surface area contributed by atoms with Gasteiger partial charge in [0.05, 0.1) is 0 Å². The molecule has 0 spiro atoms. The lowest BCUT2D eigenvalue weighted by Crippen LogP contribution is -2.42. The normalized spacial score (nSPS) is 12.9. The van der Waals surface area contributed by atoms with E-state index in [1.165, 1.54) is 70.3 Å². The molecule has 0 fully saturated rings.